The SMILES string of the molecule is CNS(=O)(=O)c1ccc(Nc2ccc(F)cc2)c(N)c1. The number of hydrogen-bond acceptors (Lipinski definition) is 4. The number of hydrogen-bond donors (Lipinski definition) is 3. The quantitative estimate of drug-likeness (QED) is 0.754. The first-order valence-electron chi connectivity index (χ1n) is 5.78. The Morgan fingerprint density at radius 1 is 1.10 bits per heavy atom. The molecule has 0 aliphatic rings. The fraction of sp³-hybridized carbons (Fsp3) is 0.0769. The monoisotopic (exact) mass is 295 g/mol. The van der Waals surface area contributed by atoms with E-state index in [1.165, 1.54) is 31.3 Å². The largest absolute Gasteiger partial charge is 0.397 e. The van der Waals surface area contributed by atoms with Gasteiger partial charge in [-0.1, -0.05) is 0 Å². The summed E-state index contributed by atoms with van der Waals surface area (Å²) in [6.45, 7) is 0. The summed E-state index contributed by atoms with van der Waals surface area (Å²) in [5.74, 6) is -0.334. The summed E-state index contributed by atoms with van der Waals surface area (Å²) in [7, 11) is -2.19. The van der Waals surface area contributed by atoms with E-state index in [-0.39, 0.29) is 16.4 Å². The van der Waals surface area contributed by atoms with E-state index in [0.717, 1.165) is 0 Å². The van der Waals surface area contributed by atoms with Gasteiger partial charge in [0.05, 0.1) is 16.3 Å². The molecule has 20 heavy (non-hydrogen) atoms. The Labute approximate surface area is 116 Å². The number of benzene rings is 2. The molecule has 5 nitrogen and oxygen atoms in total. The highest BCUT2D eigenvalue weighted by Gasteiger charge is 2.12. The molecule has 2 aromatic rings. The highest BCUT2D eigenvalue weighted by atomic mass is 32.2. The number of anilines is 3. The van der Waals surface area contributed by atoms with Crippen molar-refractivity contribution in [3.8, 4) is 0 Å². The molecule has 0 saturated carbocycles. The average molecular weight is 295 g/mol. The lowest BCUT2D eigenvalue weighted by atomic mass is 10.2. The van der Waals surface area contributed by atoms with Crippen LogP contribution in [0.2, 0.25) is 0 Å². The molecule has 0 aromatic heterocycles. The number of halogens is 1. The van der Waals surface area contributed by atoms with Gasteiger partial charge in [0.2, 0.25) is 10.0 Å². The number of nitrogen functional groups attached to an aromatic ring is 1. The van der Waals surface area contributed by atoms with Crippen molar-refractivity contribution < 1.29 is 12.8 Å². The summed E-state index contributed by atoms with van der Waals surface area (Å²) in [4.78, 5) is 0.0853. The van der Waals surface area contributed by atoms with Crippen LogP contribution in [0.25, 0.3) is 0 Å². The van der Waals surface area contributed by atoms with Crippen LogP contribution in [-0.2, 0) is 10.0 Å². The molecule has 0 unspecified atom stereocenters. The minimum absolute atomic E-state index is 0.0853. The molecule has 0 spiro atoms. The average Bonchev–Trinajstić information content (AvgIpc) is 2.43. The molecule has 0 aliphatic heterocycles. The minimum atomic E-state index is -3.52. The summed E-state index contributed by atoms with van der Waals surface area (Å²) in [6.07, 6.45) is 0. The lowest BCUT2D eigenvalue weighted by Gasteiger charge is -2.11. The summed E-state index contributed by atoms with van der Waals surface area (Å²) >= 11 is 0. The summed E-state index contributed by atoms with van der Waals surface area (Å²) in [5, 5.41) is 2.99. The zero-order chi connectivity index (χ0) is 14.8. The zero-order valence-electron chi connectivity index (χ0n) is 10.7. The molecular weight excluding hydrogens is 281 g/mol. The topological polar surface area (TPSA) is 84.2 Å². The van der Waals surface area contributed by atoms with Crippen LogP contribution in [-0.4, -0.2) is 15.5 Å². The van der Waals surface area contributed by atoms with Gasteiger partial charge >= 0.3 is 0 Å². The van der Waals surface area contributed by atoms with E-state index in [4.69, 9.17) is 5.73 Å². The molecule has 2 rings (SSSR count). The molecule has 0 bridgehead atoms. The van der Waals surface area contributed by atoms with Crippen LogP contribution in [0.5, 0.6) is 0 Å². The highest BCUT2D eigenvalue weighted by molar-refractivity contribution is 7.89. The van der Waals surface area contributed by atoms with Gasteiger partial charge in [-0.2, -0.15) is 0 Å². The van der Waals surface area contributed by atoms with Gasteiger partial charge in [0.15, 0.2) is 0 Å². The summed E-state index contributed by atoms with van der Waals surface area (Å²) in [5.41, 5.74) is 7.31. The molecular formula is C13H14FN3O2S. The molecule has 7 heteroatoms. The maximum Gasteiger partial charge on any atom is 0.240 e. The maximum absolute atomic E-state index is 12.8. The minimum Gasteiger partial charge on any atom is -0.397 e. The van der Waals surface area contributed by atoms with Crippen molar-refractivity contribution in [2.24, 2.45) is 0 Å². The van der Waals surface area contributed by atoms with Crippen molar-refractivity contribution in [1.29, 1.82) is 0 Å². The highest BCUT2D eigenvalue weighted by Crippen LogP contribution is 2.25. The van der Waals surface area contributed by atoms with Crippen molar-refractivity contribution in [3.63, 3.8) is 0 Å². The van der Waals surface area contributed by atoms with Gasteiger partial charge in [-0.25, -0.2) is 17.5 Å². The van der Waals surface area contributed by atoms with Crippen LogP contribution < -0.4 is 15.8 Å². The Kier molecular flexibility index (Phi) is 3.91. The van der Waals surface area contributed by atoms with Crippen LogP contribution in [0.15, 0.2) is 47.4 Å². The van der Waals surface area contributed by atoms with E-state index in [1.54, 1.807) is 18.2 Å². The van der Waals surface area contributed by atoms with Crippen LogP contribution in [0.3, 0.4) is 0 Å². The van der Waals surface area contributed by atoms with E-state index in [1.807, 2.05) is 0 Å². The van der Waals surface area contributed by atoms with Crippen LogP contribution >= 0.6 is 0 Å². The van der Waals surface area contributed by atoms with Crippen molar-refractivity contribution in [3.05, 3.63) is 48.3 Å². The second kappa shape index (κ2) is 5.48. The first-order valence-corrected chi connectivity index (χ1v) is 7.26. The van der Waals surface area contributed by atoms with Gasteiger partial charge in [0, 0.05) is 5.69 Å². The van der Waals surface area contributed by atoms with Gasteiger partial charge in [-0.15, -0.1) is 0 Å². The third kappa shape index (κ3) is 3.06. The van der Waals surface area contributed by atoms with E-state index in [9.17, 15) is 12.8 Å². The molecule has 0 radical (unpaired) electrons. The van der Waals surface area contributed by atoms with Gasteiger partial charge in [-0.05, 0) is 49.5 Å². The molecule has 0 heterocycles. The van der Waals surface area contributed by atoms with Crippen LogP contribution in [0.4, 0.5) is 21.5 Å². The molecule has 106 valence electrons. The standard InChI is InChI=1S/C13H14FN3O2S/c1-16-20(18,19)11-6-7-13(12(15)8-11)17-10-4-2-9(14)3-5-10/h2-8,16-17H,15H2,1H3. The zero-order valence-corrected chi connectivity index (χ0v) is 11.5. The second-order valence-electron chi connectivity index (χ2n) is 4.09. The molecule has 0 atom stereocenters. The third-order valence-electron chi connectivity index (χ3n) is 2.73. The molecule has 2 aromatic carbocycles. The number of sulfonamides is 1. The van der Waals surface area contributed by atoms with E-state index in [2.05, 4.69) is 10.0 Å². The van der Waals surface area contributed by atoms with E-state index >= 15 is 0 Å². The van der Waals surface area contributed by atoms with Crippen molar-refractivity contribution in [2.75, 3.05) is 18.1 Å². The fourth-order valence-electron chi connectivity index (χ4n) is 1.63. The molecule has 0 amide bonds. The maximum atomic E-state index is 12.8. The van der Waals surface area contributed by atoms with Gasteiger partial charge in [0.25, 0.3) is 0 Å². The predicted octanol–water partition coefficient (Wildman–Crippen LogP) is 2.06. The Morgan fingerprint density at radius 3 is 2.30 bits per heavy atom. The van der Waals surface area contributed by atoms with Crippen molar-refractivity contribution >= 4 is 27.1 Å². The number of nitrogens with two attached hydrogens (primary N) is 1. The lowest BCUT2D eigenvalue weighted by Crippen LogP contribution is -2.18. The first-order chi connectivity index (χ1) is 9.42. The van der Waals surface area contributed by atoms with Gasteiger partial charge in [-0.3, -0.25) is 0 Å². The normalized spacial score (nSPS) is 11.3. The van der Waals surface area contributed by atoms with Crippen LogP contribution in [0.1, 0.15) is 0 Å². The Bertz CT molecular complexity index is 715. The summed E-state index contributed by atoms with van der Waals surface area (Å²) < 4.78 is 38.3. The smallest absolute Gasteiger partial charge is 0.240 e. The Hall–Kier alpha value is -2.12. The molecule has 0 fully saturated rings. The number of rotatable bonds is 4. The van der Waals surface area contributed by atoms with E-state index in [0.29, 0.717) is 11.4 Å². The Morgan fingerprint density at radius 2 is 1.75 bits per heavy atom. The fourth-order valence-corrected chi connectivity index (χ4v) is 2.39. The first kappa shape index (κ1) is 14.3. The summed E-state index contributed by atoms with van der Waals surface area (Å²) in [6, 6.07) is 10.1. The van der Waals surface area contributed by atoms with Gasteiger partial charge < -0.3 is 11.1 Å². The second-order valence-corrected chi connectivity index (χ2v) is 5.98. The lowest BCUT2D eigenvalue weighted by molar-refractivity contribution is 0.588. The molecule has 0 saturated heterocycles. The predicted molar refractivity (Wildman–Crippen MR) is 76.8 cm³/mol. The number of nitrogens with one attached hydrogen (secondary N) is 2. The van der Waals surface area contributed by atoms with Crippen molar-refractivity contribution in [1.82, 2.24) is 4.72 Å². The molecule has 0 aliphatic carbocycles. The molecule has 4 N–H and O–H groups in total. The van der Waals surface area contributed by atoms with Gasteiger partial charge in [0.1, 0.15) is 5.82 Å². The third-order valence-corrected chi connectivity index (χ3v) is 4.14. The van der Waals surface area contributed by atoms with Crippen molar-refractivity contribution in [2.45, 2.75) is 4.90 Å². The Balaban J connectivity index is 2.29. The van der Waals surface area contributed by atoms with E-state index < -0.39 is 10.0 Å². The van der Waals surface area contributed by atoms with Crippen LogP contribution in [0, 0.1) is 5.82 Å².